The van der Waals surface area contributed by atoms with E-state index in [1.54, 1.807) is 0 Å². The van der Waals surface area contributed by atoms with Gasteiger partial charge in [-0.3, -0.25) is 0 Å². The summed E-state index contributed by atoms with van der Waals surface area (Å²) in [7, 11) is 0. The molecule has 0 unspecified atom stereocenters. The van der Waals surface area contributed by atoms with Crippen molar-refractivity contribution in [3.63, 3.8) is 0 Å². The van der Waals surface area contributed by atoms with E-state index >= 15 is 0 Å². The van der Waals surface area contributed by atoms with Crippen LogP contribution in [0.5, 0.6) is 0 Å². The van der Waals surface area contributed by atoms with E-state index in [4.69, 9.17) is 0 Å². The smallest absolute Gasteiger partial charge is 0.0232 e. The molecular weight excluding hydrogens is 351 g/mol. The first-order valence-electron chi connectivity index (χ1n) is 5.78. The van der Waals surface area contributed by atoms with Gasteiger partial charge in [0.05, 0.1) is 0 Å². The van der Waals surface area contributed by atoms with Crippen LogP contribution in [-0.2, 0) is 5.75 Å². The van der Waals surface area contributed by atoms with Gasteiger partial charge in [-0.25, -0.2) is 0 Å². The highest BCUT2D eigenvalue weighted by Crippen LogP contribution is 2.24. The van der Waals surface area contributed by atoms with Crippen LogP contribution in [0.4, 0.5) is 0 Å². The third-order valence-corrected chi connectivity index (χ3v) is 4.44. The summed E-state index contributed by atoms with van der Waals surface area (Å²) >= 11 is 4.20. The number of allylic oxidation sites excluding steroid dienone is 1. The monoisotopic (exact) mass is 366 g/mol. The second kappa shape index (κ2) is 6.43. The first-order valence-corrected chi connectivity index (χ1v) is 7.85. The molecule has 0 saturated carbocycles. The standard InChI is InChI=1S/C16H15IS/c1-12(2)14-5-3-4-13(10-14)11-18-16-8-6-15(17)7-9-16/h3-10H,1,11H2,2H3. The second-order valence-electron chi connectivity index (χ2n) is 4.22. The molecule has 0 aromatic heterocycles. The van der Waals surface area contributed by atoms with Crippen molar-refractivity contribution in [3.8, 4) is 0 Å². The molecule has 0 amide bonds. The fourth-order valence-corrected chi connectivity index (χ4v) is 2.83. The summed E-state index contributed by atoms with van der Waals surface area (Å²) in [6, 6.07) is 17.3. The molecule has 0 radical (unpaired) electrons. The molecule has 0 heterocycles. The molecule has 92 valence electrons. The van der Waals surface area contributed by atoms with Crippen LogP contribution in [0.3, 0.4) is 0 Å². The zero-order chi connectivity index (χ0) is 13.0. The van der Waals surface area contributed by atoms with Crippen LogP contribution in [0, 0.1) is 3.57 Å². The highest BCUT2D eigenvalue weighted by atomic mass is 127. The van der Waals surface area contributed by atoms with Crippen LogP contribution in [0.1, 0.15) is 18.1 Å². The highest BCUT2D eigenvalue weighted by Gasteiger charge is 1.99. The number of hydrogen-bond acceptors (Lipinski definition) is 1. The predicted octanol–water partition coefficient (Wildman–Crippen LogP) is 5.62. The SMILES string of the molecule is C=C(C)c1cccc(CSc2ccc(I)cc2)c1. The van der Waals surface area contributed by atoms with E-state index in [1.165, 1.54) is 19.6 Å². The summed E-state index contributed by atoms with van der Waals surface area (Å²) in [4.78, 5) is 1.32. The minimum absolute atomic E-state index is 1.00. The van der Waals surface area contributed by atoms with E-state index in [0.29, 0.717) is 0 Å². The molecule has 0 aliphatic rings. The lowest BCUT2D eigenvalue weighted by atomic mass is 10.1. The molecule has 0 nitrogen and oxygen atoms in total. The molecule has 2 rings (SSSR count). The quantitative estimate of drug-likeness (QED) is 0.500. The summed E-state index contributed by atoms with van der Waals surface area (Å²) in [5.74, 6) is 1.00. The molecule has 0 N–H and O–H groups in total. The van der Waals surface area contributed by atoms with Crippen molar-refractivity contribution in [1.82, 2.24) is 0 Å². The maximum Gasteiger partial charge on any atom is 0.0232 e. The van der Waals surface area contributed by atoms with E-state index in [0.717, 1.165) is 11.3 Å². The van der Waals surface area contributed by atoms with Crippen molar-refractivity contribution in [1.29, 1.82) is 0 Å². The van der Waals surface area contributed by atoms with Crippen molar-refractivity contribution in [3.05, 3.63) is 69.8 Å². The third kappa shape index (κ3) is 3.89. The third-order valence-electron chi connectivity index (χ3n) is 2.64. The molecule has 0 aliphatic carbocycles. The second-order valence-corrected chi connectivity index (χ2v) is 6.52. The Balaban J connectivity index is 2.04. The fourth-order valence-electron chi connectivity index (χ4n) is 1.62. The Kier molecular flexibility index (Phi) is 4.89. The van der Waals surface area contributed by atoms with Gasteiger partial charge in [0.15, 0.2) is 0 Å². The summed E-state index contributed by atoms with van der Waals surface area (Å²) in [6.07, 6.45) is 0. The first-order chi connectivity index (χ1) is 8.65. The van der Waals surface area contributed by atoms with Gasteiger partial charge < -0.3 is 0 Å². The lowest BCUT2D eigenvalue weighted by Gasteiger charge is -2.05. The van der Waals surface area contributed by atoms with E-state index < -0.39 is 0 Å². The largest absolute Gasteiger partial charge is 0.121 e. The Morgan fingerprint density at radius 1 is 1.17 bits per heavy atom. The lowest BCUT2D eigenvalue weighted by molar-refractivity contribution is 1.36. The summed E-state index contributed by atoms with van der Waals surface area (Å²) in [5.41, 5.74) is 3.70. The lowest BCUT2D eigenvalue weighted by Crippen LogP contribution is -1.84. The van der Waals surface area contributed by atoms with Crippen LogP contribution in [0.25, 0.3) is 5.57 Å². The summed E-state index contributed by atoms with van der Waals surface area (Å²) in [5, 5.41) is 0. The van der Waals surface area contributed by atoms with Gasteiger partial charge in [-0.2, -0.15) is 0 Å². The Hall–Kier alpha value is -0.740. The topological polar surface area (TPSA) is 0 Å². The molecular formula is C16H15IS. The average Bonchev–Trinajstić information content (AvgIpc) is 2.38. The number of thioether (sulfide) groups is 1. The molecule has 0 bridgehead atoms. The van der Waals surface area contributed by atoms with Crippen LogP contribution >= 0.6 is 34.4 Å². The molecule has 0 spiro atoms. The predicted molar refractivity (Wildman–Crippen MR) is 89.9 cm³/mol. The number of hydrogen-bond donors (Lipinski definition) is 0. The van der Waals surface area contributed by atoms with Crippen molar-refractivity contribution >= 4 is 39.9 Å². The number of halogens is 1. The molecule has 2 heteroatoms. The Labute approximate surface area is 127 Å². The summed E-state index contributed by atoms with van der Waals surface area (Å²) < 4.78 is 1.28. The van der Waals surface area contributed by atoms with Crippen LogP contribution in [0.2, 0.25) is 0 Å². The van der Waals surface area contributed by atoms with Gasteiger partial charge in [-0.15, -0.1) is 11.8 Å². The van der Waals surface area contributed by atoms with Gasteiger partial charge in [0.25, 0.3) is 0 Å². The maximum absolute atomic E-state index is 3.99. The van der Waals surface area contributed by atoms with Crippen LogP contribution in [-0.4, -0.2) is 0 Å². The number of benzene rings is 2. The molecule has 0 aliphatic heterocycles. The minimum atomic E-state index is 1.00. The van der Waals surface area contributed by atoms with Crippen molar-refractivity contribution in [2.75, 3.05) is 0 Å². The van der Waals surface area contributed by atoms with Gasteiger partial charge in [0, 0.05) is 14.2 Å². The van der Waals surface area contributed by atoms with Gasteiger partial charge >= 0.3 is 0 Å². The zero-order valence-electron chi connectivity index (χ0n) is 10.3. The molecule has 18 heavy (non-hydrogen) atoms. The van der Waals surface area contributed by atoms with Gasteiger partial charge in [-0.05, 0) is 64.9 Å². The van der Waals surface area contributed by atoms with Gasteiger partial charge in [-0.1, -0.05) is 36.4 Å². The highest BCUT2D eigenvalue weighted by molar-refractivity contribution is 14.1. The Morgan fingerprint density at radius 2 is 1.89 bits per heavy atom. The zero-order valence-corrected chi connectivity index (χ0v) is 13.3. The summed E-state index contributed by atoms with van der Waals surface area (Å²) in [6.45, 7) is 6.03. The Morgan fingerprint density at radius 3 is 2.56 bits per heavy atom. The van der Waals surface area contributed by atoms with E-state index in [9.17, 15) is 0 Å². The van der Waals surface area contributed by atoms with Crippen molar-refractivity contribution in [2.45, 2.75) is 17.6 Å². The van der Waals surface area contributed by atoms with Crippen LogP contribution in [0.15, 0.2) is 60.0 Å². The number of rotatable bonds is 4. The molecule has 2 aromatic carbocycles. The van der Waals surface area contributed by atoms with Crippen LogP contribution < -0.4 is 0 Å². The van der Waals surface area contributed by atoms with E-state index in [1.807, 2.05) is 18.7 Å². The average molecular weight is 366 g/mol. The maximum atomic E-state index is 3.99. The van der Waals surface area contributed by atoms with Gasteiger partial charge in [0.1, 0.15) is 0 Å². The normalized spacial score (nSPS) is 10.3. The molecule has 0 fully saturated rings. The molecule has 0 saturated heterocycles. The van der Waals surface area contributed by atoms with Gasteiger partial charge in [0.2, 0.25) is 0 Å². The van der Waals surface area contributed by atoms with E-state index in [-0.39, 0.29) is 0 Å². The van der Waals surface area contributed by atoms with Crippen molar-refractivity contribution in [2.24, 2.45) is 0 Å². The van der Waals surface area contributed by atoms with Crippen molar-refractivity contribution < 1.29 is 0 Å². The molecule has 2 aromatic rings. The minimum Gasteiger partial charge on any atom is -0.121 e. The first kappa shape index (κ1) is 13.7. The Bertz CT molecular complexity index is 543. The molecule has 0 atom stereocenters. The fraction of sp³-hybridized carbons (Fsp3) is 0.125. The van der Waals surface area contributed by atoms with E-state index in [2.05, 4.69) is 77.7 Å².